The van der Waals surface area contributed by atoms with Crippen LogP contribution >= 0.6 is 0 Å². The molecule has 0 radical (unpaired) electrons. The van der Waals surface area contributed by atoms with Crippen LogP contribution in [-0.2, 0) is 16.0 Å². The number of carbonyl (C=O) groups excluding carboxylic acids is 1. The number of halogens is 2. The molecular formula is C21H30F2O2. The van der Waals surface area contributed by atoms with Crippen LogP contribution in [0.15, 0.2) is 24.3 Å². The molecule has 0 spiro atoms. The fourth-order valence-electron chi connectivity index (χ4n) is 3.64. The van der Waals surface area contributed by atoms with Crippen molar-refractivity contribution in [2.45, 2.75) is 77.1 Å². The summed E-state index contributed by atoms with van der Waals surface area (Å²) in [5, 5.41) is 0. The molecule has 1 aliphatic rings. The summed E-state index contributed by atoms with van der Waals surface area (Å²) in [6.07, 6.45) is 6.97. The summed E-state index contributed by atoms with van der Waals surface area (Å²) in [5.74, 6) is -0.206. The number of ether oxygens (including phenoxy) is 1. The van der Waals surface area contributed by atoms with Gasteiger partial charge < -0.3 is 4.74 Å². The Labute approximate surface area is 150 Å². The molecule has 0 bridgehead atoms. The summed E-state index contributed by atoms with van der Waals surface area (Å²) in [6.45, 7) is 1.44. The van der Waals surface area contributed by atoms with E-state index in [1.165, 1.54) is 36.8 Å². The Kier molecular flexibility index (Phi) is 8.36. The molecule has 2 rings (SSSR count). The van der Waals surface area contributed by atoms with Gasteiger partial charge in [-0.25, -0.2) is 8.78 Å². The van der Waals surface area contributed by atoms with E-state index in [2.05, 4.69) is 35.9 Å². The maximum Gasteiger partial charge on any atom is 0.309 e. The number of hydrogen-bond donors (Lipinski definition) is 0. The van der Waals surface area contributed by atoms with E-state index in [0.29, 0.717) is 5.92 Å². The van der Waals surface area contributed by atoms with Gasteiger partial charge in [0, 0.05) is 0 Å². The van der Waals surface area contributed by atoms with Crippen molar-refractivity contribution in [1.82, 2.24) is 0 Å². The van der Waals surface area contributed by atoms with Crippen molar-refractivity contribution in [3.63, 3.8) is 0 Å². The van der Waals surface area contributed by atoms with E-state index in [4.69, 9.17) is 0 Å². The largest absolute Gasteiger partial charge is 0.459 e. The van der Waals surface area contributed by atoms with Gasteiger partial charge in [0.25, 0.3) is 6.43 Å². The third-order valence-corrected chi connectivity index (χ3v) is 5.18. The molecule has 0 unspecified atom stereocenters. The number of hydrogen-bond acceptors (Lipinski definition) is 2. The Hall–Kier alpha value is -1.45. The Morgan fingerprint density at radius 1 is 1.08 bits per heavy atom. The zero-order chi connectivity index (χ0) is 18.1. The van der Waals surface area contributed by atoms with Crippen LogP contribution in [0.25, 0.3) is 0 Å². The fourth-order valence-corrected chi connectivity index (χ4v) is 3.64. The summed E-state index contributed by atoms with van der Waals surface area (Å²) in [5.41, 5.74) is 2.72. The summed E-state index contributed by atoms with van der Waals surface area (Å²) in [4.78, 5) is 11.8. The van der Waals surface area contributed by atoms with Gasteiger partial charge in [0.2, 0.25) is 0 Å². The molecule has 1 aliphatic carbocycles. The highest BCUT2D eigenvalue weighted by Gasteiger charge is 2.28. The summed E-state index contributed by atoms with van der Waals surface area (Å²) >= 11 is 0. The van der Waals surface area contributed by atoms with E-state index >= 15 is 0 Å². The van der Waals surface area contributed by atoms with Gasteiger partial charge in [-0.3, -0.25) is 4.79 Å². The first-order valence-corrected chi connectivity index (χ1v) is 9.63. The van der Waals surface area contributed by atoms with Gasteiger partial charge in [-0.15, -0.1) is 0 Å². The van der Waals surface area contributed by atoms with E-state index in [1.54, 1.807) is 0 Å². The molecule has 0 heterocycles. The second-order valence-corrected chi connectivity index (χ2v) is 7.12. The van der Waals surface area contributed by atoms with Crippen molar-refractivity contribution in [1.29, 1.82) is 0 Å². The highest BCUT2D eigenvalue weighted by atomic mass is 19.3. The zero-order valence-corrected chi connectivity index (χ0v) is 15.2. The molecular weight excluding hydrogens is 322 g/mol. The molecule has 0 N–H and O–H groups in total. The molecule has 0 amide bonds. The standard InChI is InChI=1S/C21H30F2O2/c1-2-3-4-5-6-16-7-9-17(10-8-16)18-11-13-19(14-12-18)21(24)25-15-20(22)23/h7-10,18-20H,2-6,11-15H2,1H3. The van der Waals surface area contributed by atoms with Gasteiger partial charge in [-0.05, 0) is 55.6 Å². The smallest absolute Gasteiger partial charge is 0.309 e. The zero-order valence-electron chi connectivity index (χ0n) is 15.2. The summed E-state index contributed by atoms with van der Waals surface area (Å²) in [7, 11) is 0. The van der Waals surface area contributed by atoms with E-state index in [1.807, 2.05) is 0 Å². The second kappa shape index (κ2) is 10.5. The van der Waals surface area contributed by atoms with Gasteiger partial charge in [0.05, 0.1) is 5.92 Å². The average molecular weight is 352 g/mol. The van der Waals surface area contributed by atoms with Gasteiger partial charge in [-0.1, -0.05) is 50.5 Å². The first-order chi connectivity index (χ1) is 12.1. The van der Waals surface area contributed by atoms with Crippen LogP contribution in [0.2, 0.25) is 0 Å². The van der Waals surface area contributed by atoms with Gasteiger partial charge in [-0.2, -0.15) is 0 Å². The van der Waals surface area contributed by atoms with Crippen LogP contribution < -0.4 is 0 Å². The number of unbranched alkanes of at least 4 members (excludes halogenated alkanes) is 3. The third kappa shape index (κ3) is 6.75. The minimum absolute atomic E-state index is 0.215. The first kappa shape index (κ1) is 19.9. The van der Waals surface area contributed by atoms with Crippen LogP contribution in [0.4, 0.5) is 8.78 Å². The summed E-state index contributed by atoms with van der Waals surface area (Å²) < 4.78 is 28.9. The van der Waals surface area contributed by atoms with Crippen molar-refractivity contribution in [2.24, 2.45) is 5.92 Å². The molecule has 1 aromatic carbocycles. The monoisotopic (exact) mass is 352 g/mol. The Morgan fingerprint density at radius 2 is 1.76 bits per heavy atom. The van der Waals surface area contributed by atoms with E-state index in [0.717, 1.165) is 32.1 Å². The van der Waals surface area contributed by atoms with Crippen LogP contribution in [0.1, 0.15) is 75.3 Å². The second-order valence-electron chi connectivity index (χ2n) is 7.12. The molecule has 140 valence electrons. The number of carbonyl (C=O) groups is 1. The lowest BCUT2D eigenvalue weighted by Crippen LogP contribution is -2.24. The van der Waals surface area contributed by atoms with Crippen molar-refractivity contribution in [2.75, 3.05) is 6.61 Å². The fraction of sp³-hybridized carbons (Fsp3) is 0.667. The van der Waals surface area contributed by atoms with Crippen LogP contribution in [0.3, 0.4) is 0 Å². The SMILES string of the molecule is CCCCCCc1ccc(C2CCC(C(=O)OCC(F)F)CC2)cc1. The summed E-state index contributed by atoms with van der Waals surface area (Å²) in [6, 6.07) is 8.89. The maximum atomic E-state index is 12.1. The molecule has 2 nitrogen and oxygen atoms in total. The average Bonchev–Trinajstić information content (AvgIpc) is 2.64. The molecule has 0 aromatic heterocycles. The maximum absolute atomic E-state index is 12.1. The van der Waals surface area contributed by atoms with Gasteiger partial charge in [0.15, 0.2) is 6.61 Å². The highest BCUT2D eigenvalue weighted by Crippen LogP contribution is 2.36. The molecule has 0 atom stereocenters. The minimum Gasteiger partial charge on any atom is -0.459 e. The number of alkyl halides is 2. The number of benzene rings is 1. The van der Waals surface area contributed by atoms with Crippen molar-refractivity contribution >= 4 is 5.97 Å². The molecule has 1 saturated carbocycles. The number of rotatable bonds is 9. The lowest BCUT2D eigenvalue weighted by Gasteiger charge is -2.27. The predicted molar refractivity (Wildman–Crippen MR) is 96.0 cm³/mol. The molecule has 25 heavy (non-hydrogen) atoms. The number of aryl methyl sites for hydroxylation is 1. The molecule has 1 aromatic rings. The molecule has 0 aliphatic heterocycles. The molecule has 1 fully saturated rings. The highest BCUT2D eigenvalue weighted by molar-refractivity contribution is 5.72. The first-order valence-electron chi connectivity index (χ1n) is 9.63. The Morgan fingerprint density at radius 3 is 2.36 bits per heavy atom. The molecule has 4 heteroatoms. The van der Waals surface area contributed by atoms with Crippen molar-refractivity contribution < 1.29 is 18.3 Å². The molecule has 0 saturated heterocycles. The number of esters is 1. The van der Waals surface area contributed by atoms with E-state index < -0.39 is 19.0 Å². The van der Waals surface area contributed by atoms with Crippen molar-refractivity contribution in [3.05, 3.63) is 35.4 Å². The normalized spacial score (nSPS) is 20.6. The minimum atomic E-state index is -2.58. The topological polar surface area (TPSA) is 26.3 Å². The van der Waals surface area contributed by atoms with Gasteiger partial charge in [0.1, 0.15) is 0 Å². The predicted octanol–water partition coefficient (Wildman–Crippen LogP) is 5.89. The van der Waals surface area contributed by atoms with Crippen LogP contribution in [-0.4, -0.2) is 19.0 Å². The van der Waals surface area contributed by atoms with Crippen LogP contribution in [0.5, 0.6) is 0 Å². The quantitative estimate of drug-likeness (QED) is 0.409. The lowest BCUT2D eigenvalue weighted by molar-refractivity contribution is -0.153. The van der Waals surface area contributed by atoms with Crippen LogP contribution in [0, 0.1) is 5.92 Å². The third-order valence-electron chi connectivity index (χ3n) is 5.18. The Bertz CT molecular complexity index is 505. The lowest BCUT2D eigenvalue weighted by atomic mass is 9.78. The Balaban J connectivity index is 1.75. The van der Waals surface area contributed by atoms with E-state index in [9.17, 15) is 13.6 Å². The van der Waals surface area contributed by atoms with Crippen molar-refractivity contribution in [3.8, 4) is 0 Å². The van der Waals surface area contributed by atoms with Gasteiger partial charge >= 0.3 is 5.97 Å². The van der Waals surface area contributed by atoms with E-state index in [-0.39, 0.29) is 5.92 Å².